The van der Waals surface area contributed by atoms with E-state index in [1.165, 1.54) is 19.2 Å². The maximum absolute atomic E-state index is 13.7. The molecule has 0 fully saturated rings. The molecule has 0 aliphatic carbocycles. The Morgan fingerprint density at radius 1 is 1.39 bits per heavy atom. The zero-order valence-corrected chi connectivity index (χ0v) is 14.6. The molecule has 0 aromatic heterocycles. The van der Waals surface area contributed by atoms with Crippen LogP contribution in [0.4, 0.5) is 10.1 Å². The molecule has 2 rings (SSSR count). The molecular formula is C19H26FNO2. The number of ether oxygens (including phenoxy) is 1. The van der Waals surface area contributed by atoms with Crippen molar-refractivity contribution in [1.29, 1.82) is 0 Å². The van der Waals surface area contributed by atoms with E-state index >= 15 is 0 Å². The zero-order chi connectivity index (χ0) is 17.2. The van der Waals surface area contributed by atoms with Crippen LogP contribution in [0.1, 0.15) is 52.5 Å². The van der Waals surface area contributed by atoms with E-state index in [-0.39, 0.29) is 23.4 Å². The van der Waals surface area contributed by atoms with Crippen molar-refractivity contribution in [2.45, 2.75) is 58.5 Å². The van der Waals surface area contributed by atoms with Gasteiger partial charge in [-0.3, -0.25) is 0 Å². The van der Waals surface area contributed by atoms with Crippen molar-refractivity contribution in [2.24, 2.45) is 0 Å². The fourth-order valence-corrected chi connectivity index (χ4v) is 3.48. The second kappa shape index (κ2) is 6.73. The molecule has 0 saturated carbocycles. The molecule has 1 atom stereocenters. The lowest BCUT2D eigenvalue weighted by molar-refractivity contribution is -0.142. The number of allylic oxidation sites excluding steroid dienone is 1. The van der Waals surface area contributed by atoms with Crippen LogP contribution in [-0.4, -0.2) is 24.7 Å². The lowest BCUT2D eigenvalue weighted by Gasteiger charge is -2.46. The van der Waals surface area contributed by atoms with Gasteiger partial charge in [0.1, 0.15) is 11.9 Å². The average Bonchev–Trinajstić information content (AvgIpc) is 2.49. The molecule has 1 aliphatic rings. The van der Waals surface area contributed by atoms with Crippen molar-refractivity contribution in [2.75, 3.05) is 12.0 Å². The zero-order valence-electron chi connectivity index (χ0n) is 14.6. The summed E-state index contributed by atoms with van der Waals surface area (Å²) in [7, 11) is 1.42. The minimum atomic E-state index is -0.372. The molecule has 3 nitrogen and oxygen atoms in total. The van der Waals surface area contributed by atoms with Gasteiger partial charge in [0.25, 0.3) is 0 Å². The fourth-order valence-electron chi connectivity index (χ4n) is 3.48. The minimum absolute atomic E-state index is 0.241. The van der Waals surface area contributed by atoms with Crippen LogP contribution in [0.2, 0.25) is 0 Å². The molecule has 0 spiro atoms. The Bertz CT molecular complexity index is 622. The topological polar surface area (TPSA) is 29.5 Å². The smallest absolute Gasteiger partial charge is 0.328 e. The van der Waals surface area contributed by atoms with E-state index in [9.17, 15) is 9.18 Å². The van der Waals surface area contributed by atoms with E-state index in [1.54, 1.807) is 6.07 Å². The number of halogens is 1. The van der Waals surface area contributed by atoms with E-state index in [1.807, 2.05) is 6.92 Å². The molecule has 0 bridgehead atoms. The Kier molecular flexibility index (Phi) is 5.12. The van der Waals surface area contributed by atoms with Crippen LogP contribution in [0, 0.1) is 5.82 Å². The Hall–Kier alpha value is -1.84. The standard InChI is InChI=1S/C19H26FNO2/c1-6-7-8-17(18(22)23-5)21-16-10-9-14(20)11-15(16)13(2)12-19(21,3)4/h9-12,17H,6-8H2,1-5H3/t17-/m1/s1. The van der Waals surface area contributed by atoms with Gasteiger partial charge in [0.15, 0.2) is 0 Å². The molecule has 23 heavy (non-hydrogen) atoms. The molecule has 126 valence electrons. The van der Waals surface area contributed by atoms with E-state index in [2.05, 4.69) is 31.7 Å². The number of esters is 1. The number of fused-ring (bicyclic) bond motifs is 1. The number of unbranched alkanes of at least 4 members (excludes halogenated alkanes) is 1. The first-order chi connectivity index (χ1) is 10.8. The average molecular weight is 319 g/mol. The Morgan fingerprint density at radius 2 is 2.09 bits per heavy atom. The number of methoxy groups -OCH3 is 1. The van der Waals surface area contributed by atoms with Crippen LogP contribution in [-0.2, 0) is 9.53 Å². The summed E-state index contributed by atoms with van der Waals surface area (Å²) < 4.78 is 18.7. The summed E-state index contributed by atoms with van der Waals surface area (Å²) in [5, 5.41) is 0. The summed E-state index contributed by atoms with van der Waals surface area (Å²) in [6.45, 7) is 8.23. The number of hydrogen-bond donors (Lipinski definition) is 0. The second-order valence-electron chi connectivity index (χ2n) is 6.69. The molecule has 0 N–H and O–H groups in total. The van der Waals surface area contributed by atoms with Gasteiger partial charge < -0.3 is 9.64 Å². The summed E-state index contributed by atoms with van der Waals surface area (Å²) in [6, 6.07) is 4.39. The molecule has 0 radical (unpaired) electrons. The maximum Gasteiger partial charge on any atom is 0.328 e. The molecule has 1 aromatic rings. The van der Waals surface area contributed by atoms with Crippen molar-refractivity contribution in [1.82, 2.24) is 0 Å². The minimum Gasteiger partial charge on any atom is -0.467 e. The summed E-state index contributed by atoms with van der Waals surface area (Å²) in [4.78, 5) is 14.5. The van der Waals surface area contributed by atoms with Crippen LogP contribution in [0.25, 0.3) is 5.57 Å². The molecule has 1 aromatic carbocycles. The highest BCUT2D eigenvalue weighted by atomic mass is 19.1. The Balaban J connectivity index is 2.55. The van der Waals surface area contributed by atoms with E-state index in [0.717, 1.165) is 36.1 Å². The van der Waals surface area contributed by atoms with Gasteiger partial charge in [0, 0.05) is 11.3 Å². The highest BCUT2D eigenvalue weighted by Gasteiger charge is 2.39. The second-order valence-corrected chi connectivity index (χ2v) is 6.69. The first-order valence-electron chi connectivity index (χ1n) is 8.18. The van der Waals surface area contributed by atoms with Crippen molar-refractivity contribution in [3.8, 4) is 0 Å². The third kappa shape index (κ3) is 3.41. The summed E-state index contributed by atoms with van der Waals surface area (Å²) >= 11 is 0. The predicted molar refractivity (Wildman–Crippen MR) is 91.9 cm³/mol. The maximum atomic E-state index is 13.7. The van der Waals surface area contributed by atoms with Crippen molar-refractivity contribution in [3.05, 3.63) is 35.7 Å². The number of carbonyl (C=O) groups excluding carboxylic acids is 1. The van der Waals surface area contributed by atoms with E-state index in [4.69, 9.17) is 4.74 Å². The summed E-state index contributed by atoms with van der Waals surface area (Å²) in [5.74, 6) is -0.505. The van der Waals surface area contributed by atoms with Gasteiger partial charge >= 0.3 is 5.97 Å². The predicted octanol–water partition coefficient (Wildman–Crippen LogP) is 4.56. The lowest BCUT2D eigenvalue weighted by atomic mass is 9.86. The molecule has 4 heteroatoms. The van der Waals surface area contributed by atoms with Crippen molar-refractivity contribution >= 4 is 17.2 Å². The first-order valence-corrected chi connectivity index (χ1v) is 8.18. The number of anilines is 1. The molecule has 0 unspecified atom stereocenters. The molecule has 1 aliphatic heterocycles. The number of hydrogen-bond acceptors (Lipinski definition) is 3. The van der Waals surface area contributed by atoms with Gasteiger partial charge in [-0.05, 0) is 51.0 Å². The quantitative estimate of drug-likeness (QED) is 0.745. The number of rotatable bonds is 5. The van der Waals surface area contributed by atoms with Crippen LogP contribution >= 0.6 is 0 Å². The Labute approximate surface area is 138 Å². The Morgan fingerprint density at radius 3 is 2.70 bits per heavy atom. The summed E-state index contributed by atoms with van der Waals surface area (Å²) in [6.07, 6.45) is 4.76. The van der Waals surface area contributed by atoms with Gasteiger partial charge in [-0.25, -0.2) is 9.18 Å². The number of nitrogens with zero attached hydrogens (tertiary/aromatic N) is 1. The SMILES string of the molecule is CCCC[C@H](C(=O)OC)N1c2ccc(F)cc2C(C)=CC1(C)C. The summed E-state index contributed by atoms with van der Waals surface area (Å²) in [5.41, 5.74) is 2.42. The van der Waals surface area contributed by atoms with Crippen LogP contribution in [0.3, 0.4) is 0 Å². The normalized spacial score (nSPS) is 17.3. The third-order valence-electron chi connectivity index (χ3n) is 4.45. The van der Waals surface area contributed by atoms with Crippen LogP contribution in [0.15, 0.2) is 24.3 Å². The lowest BCUT2D eigenvalue weighted by Crippen LogP contribution is -2.54. The van der Waals surface area contributed by atoms with Crippen molar-refractivity contribution in [3.63, 3.8) is 0 Å². The monoisotopic (exact) mass is 319 g/mol. The fraction of sp³-hybridized carbons (Fsp3) is 0.526. The highest BCUT2D eigenvalue weighted by Crippen LogP contribution is 2.41. The van der Waals surface area contributed by atoms with Gasteiger partial charge in [0.2, 0.25) is 0 Å². The van der Waals surface area contributed by atoms with Gasteiger partial charge in [-0.2, -0.15) is 0 Å². The first kappa shape index (κ1) is 17.5. The number of benzene rings is 1. The molecular weight excluding hydrogens is 293 g/mol. The van der Waals surface area contributed by atoms with Crippen molar-refractivity contribution < 1.29 is 13.9 Å². The van der Waals surface area contributed by atoms with Crippen LogP contribution < -0.4 is 4.90 Å². The van der Waals surface area contributed by atoms with Gasteiger partial charge in [-0.1, -0.05) is 25.8 Å². The highest BCUT2D eigenvalue weighted by molar-refractivity contribution is 5.87. The van der Waals surface area contributed by atoms with Gasteiger partial charge in [-0.15, -0.1) is 0 Å². The largest absolute Gasteiger partial charge is 0.467 e. The van der Waals surface area contributed by atoms with Crippen LogP contribution in [0.5, 0.6) is 0 Å². The third-order valence-corrected chi connectivity index (χ3v) is 4.45. The van der Waals surface area contributed by atoms with Gasteiger partial charge in [0.05, 0.1) is 12.6 Å². The number of carbonyl (C=O) groups is 1. The molecule has 0 amide bonds. The molecule has 1 heterocycles. The molecule has 0 saturated heterocycles. The van der Waals surface area contributed by atoms with E-state index < -0.39 is 0 Å². The van der Waals surface area contributed by atoms with E-state index in [0.29, 0.717) is 0 Å².